The van der Waals surface area contributed by atoms with Gasteiger partial charge >= 0.3 is 0 Å². The molecule has 0 atom stereocenters. The Bertz CT molecular complexity index is 553. The third-order valence-electron chi connectivity index (χ3n) is 2.54. The molecule has 0 bridgehead atoms. The van der Waals surface area contributed by atoms with Gasteiger partial charge in [-0.3, -0.25) is 4.79 Å². The number of nitrogens with one attached hydrogen (secondary N) is 2. The van der Waals surface area contributed by atoms with Crippen LogP contribution in [0.3, 0.4) is 0 Å². The van der Waals surface area contributed by atoms with Gasteiger partial charge in [-0.05, 0) is 45.0 Å². The van der Waals surface area contributed by atoms with E-state index in [4.69, 9.17) is 4.74 Å². The number of carbonyl (C=O) groups is 1. The van der Waals surface area contributed by atoms with E-state index >= 15 is 0 Å². The fraction of sp³-hybridized carbons (Fsp3) is 0.500. The zero-order chi connectivity index (χ0) is 15.9. The Balaban J connectivity index is 2.55. The zero-order valence-electron chi connectivity index (χ0n) is 12.5. The van der Waals surface area contributed by atoms with Crippen molar-refractivity contribution in [2.45, 2.75) is 38.1 Å². The van der Waals surface area contributed by atoms with E-state index in [1.54, 1.807) is 12.1 Å². The lowest BCUT2D eigenvalue weighted by molar-refractivity contribution is -0.121. The standard InChI is InChI=1S/C14H22N2O4S/c1-4-20-12-5-7-13(8-6-12)21(18,19)15-10-9-14(17)16-11(2)3/h5-8,11,15H,4,9-10H2,1-3H3,(H,16,17). The molecule has 0 saturated heterocycles. The summed E-state index contributed by atoms with van der Waals surface area (Å²) in [6, 6.07) is 6.19. The SMILES string of the molecule is CCOc1ccc(S(=O)(=O)NCCC(=O)NC(C)C)cc1. The van der Waals surface area contributed by atoms with Gasteiger partial charge < -0.3 is 10.1 Å². The fourth-order valence-electron chi connectivity index (χ4n) is 1.66. The molecule has 0 unspecified atom stereocenters. The van der Waals surface area contributed by atoms with Crippen molar-refractivity contribution in [2.24, 2.45) is 0 Å². The number of hydrogen-bond acceptors (Lipinski definition) is 4. The van der Waals surface area contributed by atoms with Crippen LogP contribution >= 0.6 is 0 Å². The summed E-state index contributed by atoms with van der Waals surface area (Å²) in [4.78, 5) is 11.6. The molecule has 0 radical (unpaired) electrons. The van der Waals surface area contributed by atoms with Crippen molar-refractivity contribution in [3.05, 3.63) is 24.3 Å². The van der Waals surface area contributed by atoms with Crippen LogP contribution < -0.4 is 14.8 Å². The van der Waals surface area contributed by atoms with E-state index < -0.39 is 10.0 Å². The topological polar surface area (TPSA) is 84.5 Å². The quantitative estimate of drug-likeness (QED) is 0.757. The van der Waals surface area contributed by atoms with Gasteiger partial charge in [-0.25, -0.2) is 13.1 Å². The minimum Gasteiger partial charge on any atom is -0.494 e. The molecule has 0 saturated carbocycles. The molecule has 1 rings (SSSR count). The van der Waals surface area contributed by atoms with E-state index in [1.807, 2.05) is 20.8 Å². The Hall–Kier alpha value is -1.60. The highest BCUT2D eigenvalue weighted by Gasteiger charge is 2.14. The highest BCUT2D eigenvalue weighted by Crippen LogP contribution is 2.15. The van der Waals surface area contributed by atoms with E-state index in [-0.39, 0.29) is 29.8 Å². The summed E-state index contributed by atoms with van der Waals surface area (Å²) in [5.74, 6) is 0.437. The van der Waals surface area contributed by atoms with Crippen LogP contribution in [0, 0.1) is 0 Å². The summed E-state index contributed by atoms with van der Waals surface area (Å²) in [6.45, 7) is 6.14. The summed E-state index contributed by atoms with van der Waals surface area (Å²) in [6.07, 6.45) is 0.106. The molecule has 21 heavy (non-hydrogen) atoms. The average Bonchev–Trinajstić information content (AvgIpc) is 2.38. The van der Waals surface area contributed by atoms with Crippen molar-refractivity contribution in [1.29, 1.82) is 0 Å². The number of rotatable bonds is 8. The molecular weight excluding hydrogens is 292 g/mol. The van der Waals surface area contributed by atoms with Gasteiger partial charge in [-0.2, -0.15) is 0 Å². The van der Waals surface area contributed by atoms with Crippen LogP contribution in [0.2, 0.25) is 0 Å². The molecule has 0 aliphatic carbocycles. The van der Waals surface area contributed by atoms with E-state index in [1.165, 1.54) is 12.1 Å². The molecule has 0 aliphatic rings. The van der Waals surface area contributed by atoms with E-state index in [9.17, 15) is 13.2 Å². The monoisotopic (exact) mass is 314 g/mol. The van der Waals surface area contributed by atoms with Gasteiger partial charge in [0, 0.05) is 19.0 Å². The molecule has 1 aromatic rings. The molecule has 0 aliphatic heterocycles. The fourth-order valence-corrected chi connectivity index (χ4v) is 2.69. The van der Waals surface area contributed by atoms with Gasteiger partial charge in [-0.1, -0.05) is 0 Å². The summed E-state index contributed by atoms with van der Waals surface area (Å²) in [7, 11) is -3.60. The van der Waals surface area contributed by atoms with Crippen molar-refractivity contribution >= 4 is 15.9 Å². The van der Waals surface area contributed by atoms with Crippen LogP contribution in [0.15, 0.2) is 29.2 Å². The van der Waals surface area contributed by atoms with Gasteiger partial charge in [0.05, 0.1) is 11.5 Å². The second-order valence-corrected chi connectivity index (χ2v) is 6.54. The van der Waals surface area contributed by atoms with Crippen LogP contribution in [-0.4, -0.2) is 33.5 Å². The maximum atomic E-state index is 12.0. The van der Waals surface area contributed by atoms with Crippen molar-refractivity contribution < 1.29 is 17.9 Å². The van der Waals surface area contributed by atoms with E-state index in [0.29, 0.717) is 12.4 Å². The summed E-state index contributed by atoms with van der Waals surface area (Å²) in [5, 5.41) is 2.70. The van der Waals surface area contributed by atoms with E-state index in [2.05, 4.69) is 10.0 Å². The smallest absolute Gasteiger partial charge is 0.240 e. The molecule has 1 amide bonds. The first-order chi connectivity index (χ1) is 9.85. The van der Waals surface area contributed by atoms with E-state index in [0.717, 1.165) is 0 Å². The predicted molar refractivity (Wildman–Crippen MR) is 80.7 cm³/mol. The van der Waals surface area contributed by atoms with Crippen LogP contribution in [-0.2, 0) is 14.8 Å². The molecule has 0 fully saturated rings. The van der Waals surface area contributed by atoms with Crippen LogP contribution in [0.4, 0.5) is 0 Å². The van der Waals surface area contributed by atoms with Crippen LogP contribution in [0.25, 0.3) is 0 Å². The second kappa shape index (κ2) is 7.99. The number of hydrogen-bond donors (Lipinski definition) is 2. The Kier molecular flexibility index (Phi) is 6.64. The first-order valence-electron chi connectivity index (χ1n) is 6.87. The number of benzene rings is 1. The molecular formula is C14H22N2O4S. The second-order valence-electron chi connectivity index (χ2n) is 4.77. The van der Waals surface area contributed by atoms with Gasteiger partial charge in [0.2, 0.25) is 15.9 Å². The molecule has 0 aromatic heterocycles. The van der Waals surface area contributed by atoms with Gasteiger partial charge in [0.15, 0.2) is 0 Å². The van der Waals surface area contributed by atoms with Crippen molar-refractivity contribution in [3.8, 4) is 5.75 Å². The maximum absolute atomic E-state index is 12.0. The molecule has 2 N–H and O–H groups in total. The zero-order valence-corrected chi connectivity index (χ0v) is 13.4. The number of sulfonamides is 1. The summed E-state index contributed by atoms with van der Waals surface area (Å²) < 4.78 is 31.7. The Morgan fingerprint density at radius 3 is 2.38 bits per heavy atom. The highest BCUT2D eigenvalue weighted by atomic mass is 32.2. The molecule has 1 aromatic carbocycles. The maximum Gasteiger partial charge on any atom is 0.240 e. The first-order valence-corrected chi connectivity index (χ1v) is 8.35. The normalized spacial score (nSPS) is 11.4. The minimum absolute atomic E-state index is 0.0419. The minimum atomic E-state index is -3.60. The molecule has 7 heteroatoms. The van der Waals surface area contributed by atoms with Gasteiger partial charge in [-0.15, -0.1) is 0 Å². The molecule has 0 spiro atoms. The Morgan fingerprint density at radius 1 is 1.24 bits per heavy atom. The van der Waals surface area contributed by atoms with Gasteiger partial charge in [0.1, 0.15) is 5.75 Å². The first kappa shape index (κ1) is 17.5. The molecule has 0 heterocycles. The lowest BCUT2D eigenvalue weighted by atomic mass is 10.3. The van der Waals surface area contributed by atoms with Gasteiger partial charge in [0.25, 0.3) is 0 Å². The Labute approximate surface area is 125 Å². The Morgan fingerprint density at radius 2 is 1.86 bits per heavy atom. The number of carbonyl (C=O) groups excluding carboxylic acids is 1. The van der Waals surface area contributed by atoms with Crippen molar-refractivity contribution in [2.75, 3.05) is 13.2 Å². The predicted octanol–water partition coefficient (Wildman–Crippen LogP) is 1.28. The molecule has 118 valence electrons. The number of amides is 1. The average molecular weight is 314 g/mol. The van der Waals surface area contributed by atoms with Crippen LogP contribution in [0.1, 0.15) is 27.2 Å². The number of ether oxygens (including phenoxy) is 1. The lowest BCUT2D eigenvalue weighted by Gasteiger charge is -2.10. The van der Waals surface area contributed by atoms with Crippen molar-refractivity contribution in [1.82, 2.24) is 10.0 Å². The van der Waals surface area contributed by atoms with Crippen LogP contribution in [0.5, 0.6) is 5.75 Å². The highest BCUT2D eigenvalue weighted by molar-refractivity contribution is 7.89. The summed E-state index contributed by atoms with van der Waals surface area (Å²) >= 11 is 0. The third-order valence-corrected chi connectivity index (χ3v) is 4.02. The lowest BCUT2D eigenvalue weighted by Crippen LogP contribution is -2.34. The largest absolute Gasteiger partial charge is 0.494 e. The summed E-state index contributed by atoms with van der Waals surface area (Å²) in [5.41, 5.74) is 0. The third kappa shape index (κ3) is 6.14. The van der Waals surface area contributed by atoms with Crippen molar-refractivity contribution in [3.63, 3.8) is 0 Å². The molecule has 6 nitrogen and oxygen atoms in total.